The van der Waals surface area contributed by atoms with Crippen molar-refractivity contribution < 1.29 is 4.74 Å². The molecule has 2 nitrogen and oxygen atoms in total. The molecule has 1 heterocycles. The van der Waals surface area contributed by atoms with E-state index in [1.165, 1.54) is 11.1 Å². The van der Waals surface area contributed by atoms with Gasteiger partial charge in [0.2, 0.25) is 0 Å². The average Bonchev–Trinajstić information content (AvgIpc) is 3.04. The summed E-state index contributed by atoms with van der Waals surface area (Å²) in [6.07, 6.45) is 5.56. The second-order valence-corrected chi connectivity index (χ2v) is 6.91. The Hall–Kier alpha value is -1.64. The SMILES string of the molecule is COc1ccccc1[C@@H]1Nc2c(Cl)cc(Cl)cc2[C@H]2C=CC[C@H]21. The van der Waals surface area contributed by atoms with Crippen LogP contribution in [0.15, 0.2) is 48.6 Å². The van der Waals surface area contributed by atoms with Crippen LogP contribution in [0.3, 0.4) is 0 Å². The lowest BCUT2D eigenvalue weighted by Crippen LogP contribution is -2.29. The fourth-order valence-electron chi connectivity index (χ4n) is 3.85. The number of nitrogens with one attached hydrogen (secondary N) is 1. The highest BCUT2D eigenvalue weighted by Gasteiger charge is 2.39. The number of anilines is 1. The van der Waals surface area contributed by atoms with Gasteiger partial charge in [-0.2, -0.15) is 0 Å². The number of methoxy groups -OCH3 is 1. The number of hydrogen-bond donors (Lipinski definition) is 1. The van der Waals surface area contributed by atoms with E-state index < -0.39 is 0 Å². The molecule has 4 rings (SSSR count). The van der Waals surface area contributed by atoms with Gasteiger partial charge in [0.1, 0.15) is 5.75 Å². The predicted octanol–water partition coefficient (Wildman–Crippen LogP) is 5.83. The molecule has 0 saturated carbocycles. The summed E-state index contributed by atoms with van der Waals surface area (Å²) in [5.41, 5.74) is 3.34. The first kappa shape index (κ1) is 14.9. The van der Waals surface area contributed by atoms with Crippen LogP contribution in [0, 0.1) is 5.92 Å². The molecule has 0 amide bonds. The molecule has 23 heavy (non-hydrogen) atoms. The number of allylic oxidation sites excluding steroid dienone is 2. The summed E-state index contributed by atoms with van der Waals surface area (Å²) in [5.74, 6) is 1.68. The van der Waals surface area contributed by atoms with Crippen molar-refractivity contribution in [2.24, 2.45) is 5.92 Å². The van der Waals surface area contributed by atoms with Crippen molar-refractivity contribution in [1.29, 1.82) is 0 Å². The summed E-state index contributed by atoms with van der Waals surface area (Å²) in [7, 11) is 1.72. The van der Waals surface area contributed by atoms with Crippen molar-refractivity contribution in [1.82, 2.24) is 0 Å². The van der Waals surface area contributed by atoms with Gasteiger partial charge in [-0.1, -0.05) is 53.6 Å². The highest BCUT2D eigenvalue weighted by Crippen LogP contribution is 2.53. The molecule has 1 aliphatic carbocycles. The van der Waals surface area contributed by atoms with Crippen LogP contribution >= 0.6 is 23.2 Å². The van der Waals surface area contributed by atoms with E-state index in [-0.39, 0.29) is 6.04 Å². The number of benzene rings is 2. The van der Waals surface area contributed by atoms with Crippen molar-refractivity contribution in [2.45, 2.75) is 18.4 Å². The lowest BCUT2D eigenvalue weighted by Gasteiger charge is -2.38. The Kier molecular flexibility index (Phi) is 3.74. The Morgan fingerprint density at radius 3 is 2.78 bits per heavy atom. The zero-order valence-corrected chi connectivity index (χ0v) is 14.2. The molecule has 2 aromatic rings. The molecule has 0 saturated heterocycles. The highest BCUT2D eigenvalue weighted by molar-refractivity contribution is 6.36. The molecule has 118 valence electrons. The Labute approximate surface area is 146 Å². The lowest BCUT2D eigenvalue weighted by atomic mass is 9.77. The van der Waals surface area contributed by atoms with Gasteiger partial charge in [-0.25, -0.2) is 0 Å². The standard InChI is InChI=1S/C19H17Cl2NO/c1-23-17-8-3-2-5-14(17)18-13-7-4-6-12(13)15-9-11(20)10-16(21)19(15)22-18/h2-6,8-10,12-13,18,22H,7H2,1H3/t12-,13+,18+/m0/s1. The first-order valence-electron chi connectivity index (χ1n) is 7.74. The molecule has 2 aromatic carbocycles. The first-order chi connectivity index (χ1) is 11.2. The molecule has 0 fully saturated rings. The van der Waals surface area contributed by atoms with E-state index in [1.807, 2.05) is 18.2 Å². The van der Waals surface area contributed by atoms with Gasteiger partial charge in [0, 0.05) is 16.5 Å². The maximum atomic E-state index is 6.46. The molecule has 0 aromatic heterocycles. The molecule has 3 atom stereocenters. The zero-order valence-electron chi connectivity index (χ0n) is 12.7. The van der Waals surface area contributed by atoms with E-state index in [2.05, 4.69) is 29.6 Å². The number of rotatable bonds is 2. The summed E-state index contributed by atoms with van der Waals surface area (Å²) >= 11 is 12.7. The fraction of sp³-hybridized carbons (Fsp3) is 0.263. The van der Waals surface area contributed by atoms with Crippen LogP contribution in [0.5, 0.6) is 5.75 Å². The van der Waals surface area contributed by atoms with Gasteiger partial charge in [0.25, 0.3) is 0 Å². The number of para-hydroxylation sites is 1. The van der Waals surface area contributed by atoms with Crippen LogP contribution < -0.4 is 10.1 Å². The third kappa shape index (κ3) is 2.41. The van der Waals surface area contributed by atoms with Crippen molar-refractivity contribution in [3.63, 3.8) is 0 Å². The van der Waals surface area contributed by atoms with Gasteiger partial charge in [-0.05, 0) is 36.1 Å². The monoisotopic (exact) mass is 345 g/mol. The Morgan fingerprint density at radius 2 is 1.96 bits per heavy atom. The molecule has 4 heteroatoms. The highest BCUT2D eigenvalue weighted by atomic mass is 35.5. The Balaban J connectivity index is 1.85. The molecule has 0 spiro atoms. The van der Waals surface area contributed by atoms with E-state index in [1.54, 1.807) is 13.2 Å². The summed E-state index contributed by atoms with van der Waals surface area (Å²) in [6, 6.07) is 12.2. The van der Waals surface area contributed by atoms with Crippen molar-refractivity contribution in [3.8, 4) is 5.75 Å². The number of hydrogen-bond acceptors (Lipinski definition) is 2. The topological polar surface area (TPSA) is 21.3 Å². The van der Waals surface area contributed by atoms with E-state index in [0.717, 1.165) is 17.9 Å². The van der Waals surface area contributed by atoms with Crippen molar-refractivity contribution >= 4 is 28.9 Å². The van der Waals surface area contributed by atoms with E-state index in [9.17, 15) is 0 Å². The quantitative estimate of drug-likeness (QED) is 0.691. The summed E-state index contributed by atoms with van der Waals surface area (Å²) in [4.78, 5) is 0. The number of ether oxygens (including phenoxy) is 1. The van der Waals surface area contributed by atoms with Gasteiger partial charge in [-0.15, -0.1) is 0 Å². The minimum Gasteiger partial charge on any atom is -0.496 e. The zero-order chi connectivity index (χ0) is 16.0. The van der Waals surface area contributed by atoms with Gasteiger partial charge in [-0.3, -0.25) is 0 Å². The Morgan fingerprint density at radius 1 is 1.13 bits per heavy atom. The summed E-state index contributed by atoms with van der Waals surface area (Å²) in [5, 5.41) is 5.00. The minimum atomic E-state index is 0.164. The van der Waals surface area contributed by atoms with Crippen LogP contribution in [-0.2, 0) is 0 Å². The third-order valence-electron chi connectivity index (χ3n) is 4.86. The van der Waals surface area contributed by atoms with E-state index in [4.69, 9.17) is 27.9 Å². The largest absolute Gasteiger partial charge is 0.496 e. The number of halogens is 2. The van der Waals surface area contributed by atoms with Crippen molar-refractivity contribution in [3.05, 3.63) is 69.7 Å². The van der Waals surface area contributed by atoms with Crippen LogP contribution in [0.4, 0.5) is 5.69 Å². The van der Waals surface area contributed by atoms with Gasteiger partial charge >= 0.3 is 0 Å². The van der Waals surface area contributed by atoms with Crippen LogP contribution in [-0.4, -0.2) is 7.11 Å². The summed E-state index contributed by atoms with van der Waals surface area (Å²) in [6.45, 7) is 0. The van der Waals surface area contributed by atoms with Crippen LogP contribution in [0.25, 0.3) is 0 Å². The molecule has 0 bridgehead atoms. The molecule has 1 aliphatic heterocycles. The van der Waals surface area contributed by atoms with Gasteiger partial charge in [0.05, 0.1) is 23.9 Å². The first-order valence-corrected chi connectivity index (χ1v) is 8.49. The Bertz CT molecular complexity index is 787. The second-order valence-electron chi connectivity index (χ2n) is 6.07. The predicted molar refractivity (Wildman–Crippen MR) is 95.8 cm³/mol. The summed E-state index contributed by atoms with van der Waals surface area (Å²) < 4.78 is 5.57. The normalized spacial score (nSPS) is 24.7. The third-order valence-corrected chi connectivity index (χ3v) is 5.38. The maximum absolute atomic E-state index is 6.46. The molecular weight excluding hydrogens is 329 g/mol. The van der Waals surface area contributed by atoms with Crippen LogP contribution in [0.1, 0.15) is 29.5 Å². The van der Waals surface area contributed by atoms with Crippen molar-refractivity contribution in [2.75, 3.05) is 12.4 Å². The molecule has 2 aliphatic rings. The van der Waals surface area contributed by atoms with Crippen LogP contribution in [0.2, 0.25) is 10.0 Å². The molecule has 0 unspecified atom stereocenters. The molecule has 0 radical (unpaired) electrons. The van der Waals surface area contributed by atoms with Gasteiger partial charge < -0.3 is 10.1 Å². The molecular formula is C19H17Cl2NO. The second kappa shape index (κ2) is 5.77. The lowest BCUT2D eigenvalue weighted by molar-refractivity contribution is 0.381. The molecule has 1 N–H and O–H groups in total. The minimum absolute atomic E-state index is 0.164. The number of fused-ring (bicyclic) bond motifs is 3. The smallest absolute Gasteiger partial charge is 0.124 e. The van der Waals surface area contributed by atoms with E-state index in [0.29, 0.717) is 21.9 Å². The average molecular weight is 346 g/mol. The fourth-order valence-corrected chi connectivity index (χ4v) is 4.42. The van der Waals surface area contributed by atoms with E-state index >= 15 is 0 Å². The van der Waals surface area contributed by atoms with Gasteiger partial charge in [0.15, 0.2) is 0 Å². The maximum Gasteiger partial charge on any atom is 0.124 e.